The van der Waals surface area contributed by atoms with Crippen LogP contribution in [0.4, 0.5) is 10.1 Å². The normalized spacial score (nSPS) is 15.9. The zero-order valence-electron chi connectivity index (χ0n) is 16.9. The lowest BCUT2D eigenvalue weighted by Gasteiger charge is -2.11. The third-order valence-corrected chi connectivity index (χ3v) is 6.59. The first-order valence-electron chi connectivity index (χ1n) is 9.60. The fraction of sp³-hybridized carbons (Fsp3) is 0.0833. The van der Waals surface area contributed by atoms with Crippen LogP contribution in [0, 0.1) is 12.7 Å². The summed E-state index contributed by atoms with van der Waals surface area (Å²) in [5, 5.41) is 3.34. The maximum Gasteiger partial charge on any atom is 0.264 e. The van der Waals surface area contributed by atoms with Gasteiger partial charge in [-0.05, 0) is 104 Å². The van der Waals surface area contributed by atoms with E-state index in [9.17, 15) is 9.18 Å². The van der Waals surface area contributed by atoms with Crippen molar-refractivity contribution >= 4 is 66.5 Å². The maximum absolute atomic E-state index is 13.4. The Labute approximate surface area is 206 Å². The quantitative estimate of drug-likeness (QED) is 0.329. The second kappa shape index (κ2) is 10.0. The summed E-state index contributed by atoms with van der Waals surface area (Å²) in [5.41, 5.74) is 3.48. The average molecular weight is 576 g/mol. The highest BCUT2D eigenvalue weighted by Gasteiger charge is 2.24. The molecule has 0 aliphatic carbocycles. The molecule has 1 aliphatic heterocycles. The lowest BCUT2D eigenvalue weighted by Crippen LogP contribution is -2.19. The van der Waals surface area contributed by atoms with Crippen LogP contribution in [0.15, 0.2) is 79.5 Å². The van der Waals surface area contributed by atoms with Gasteiger partial charge in [-0.3, -0.25) is 4.79 Å². The molecule has 0 spiro atoms. The van der Waals surface area contributed by atoms with E-state index in [0.717, 1.165) is 22.4 Å². The van der Waals surface area contributed by atoms with Gasteiger partial charge in [0, 0.05) is 0 Å². The van der Waals surface area contributed by atoms with E-state index in [0.29, 0.717) is 24.8 Å². The summed E-state index contributed by atoms with van der Waals surface area (Å²) in [6.07, 6.45) is 1.80. The first-order chi connectivity index (χ1) is 15.4. The van der Waals surface area contributed by atoms with E-state index in [1.54, 1.807) is 18.2 Å². The monoisotopic (exact) mass is 574 g/mol. The molecule has 0 radical (unpaired) electrons. The zero-order chi connectivity index (χ0) is 22.7. The molecular weight excluding hydrogens is 559 g/mol. The van der Waals surface area contributed by atoms with Crippen molar-refractivity contribution in [3.63, 3.8) is 0 Å². The number of thioether (sulfide) groups is 1. The molecule has 3 aromatic rings. The molecule has 1 amide bonds. The third-order valence-electron chi connectivity index (χ3n) is 4.51. The molecule has 1 N–H and O–H groups in total. The number of hydrogen-bond acceptors (Lipinski definition) is 4. The Bertz CT molecular complexity index is 1220. The molecule has 4 nitrogen and oxygen atoms in total. The summed E-state index contributed by atoms with van der Waals surface area (Å²) < 4.78 is 20.7. The molecule has 1 heterocycles. The lowest BCUT2D eigenvalue weighted by atomic mass is 10.2. The van der Waals surface area contributed by atoms with Gasteiger partial charge in [-0.2, -0.15) is 0 Å². The fourth-order valence-corrected chi connectivity index (χ4v) is 5.24. The minimum atomic E-state index is -0.302. The Morgan fingerprint density at radius 1 is 1.09 bits per heavy atom. The second-order valence-electron chi connectivity index (χ2n) is 7.05. The highest BCUT2D eigenvalue weighted by atomic mass is 79.9. The number of nitrogens with one attached hydrogen (secondary N) is 1. The van der Waals surface area contributed by atoms with Crippen molar-refractivity contribution in [1.82, 2.24) is 5.32 Å². The summed E-state index contributed by atoms with van der Waals surface area (Å²) in [7, 11) is 0. The fourth-order valence-electron chi connectivity index (χ4n) is 2.95. The molecule has 0 aromatic heterocycles. The number of rotatable bonds is 5. The van der Waals surface area contributed by atoms with Crippen molar-refractivity contribution in [2.45, 2.75) is 13.5 Å². The van der Waals surface area contributed by atoms with Gasteiger partial charge in [0.1, 0.15) is 18.2 Å². The Hall–Kier alpha value is -2.42. The molecule has 1 aliphatic rings. The molecule has 0 bridgehead atoms. The van der Waals surface area contributed by atoms with Crippen LogP contribution in [-0.2, 0) is 11.4 Å². The molecule has 0 saturated carbocycles. The van der Waals surface area contributed by atoms with Crippen molar-refractivity contribution in [2.75, 3.05) is 0 Å². The smallest absolute Gasteiger partial charge is 0.264 e. The van der Waals surface area contributed by atoms with Gasteiger partial charge in [-0.15, -0.1) is 0 Å². The van der Waals surface area contributed by atoms with E-state index in [1.807, 2.05) is 43.3 Å². The van der Waals surface area contributed by atoms with Crippen molar-refractivity contribution < 1.29 is 13.9 Å². The van der Waals surface area contributed by atoms with Crippen molar-refractivity contribution in [2.24, 2.45) is 4.99 Å². The first-order valence-corrected chi connectivity index (χ1v) is 12.0. The number of aliphatic imine (C=N–C) groups is 1. The number of carbonyl (C=O) groups excluding carboxylic acids is 1. The lowest BCUT2D eigenvalue weighted by molar-refractivity contribution is -0.115. The predicted molar refractivity (Wildman–Crippen MR) is 135 cm³/mol. The summed E-state index contributed by atoms with van der Waals surface area (Å²) in [4.78, 5) is 17.4. The van der Waals surface area contributed by atoms with Crippen LogP contribution in [0.25, 0.3) is 6.08 Å². The summed E-state index contributed by atoms with van der Waals surface area (Å²) in [6, 6.07) is 17.8. The van der Waals surface area contributed by atoms with Crippen LogP contribution in [0.2, 0.25) is 0 Å². The SMILES string of the molecule is Cc1ccc(N=C2NC(=O)/C(=C/c3cc(Br)c(OCc4cccc(F)c4)c(Br)c3)S2)cc1. The molecule has 8 heteroatoms. The number of amidine groups is 1. The van der Waals surface area contributed by atoms with Crippen LogP contribution in [0.3, 0.4) is 0 Å². The number of aryl methyl sites for hydroxylation is 1. The van der Waals surface area contributed by atoms with Crippen molar-refractivity contribution in [1.29, 1.82) is 0 Å². The van der Waals surface area contributed by atoms with Crippen LogP contribution < -0.4 is 10.1 Å². The van der Waals surface area contributed by atoms with Crippen LogP contribution in [0.1, 0.15) is 16.7 Å². The molecule has 1 saturated heterocycles. The van der Waals surface area contributed by atoms with Gasteiger partial charge in [0.05, 0.1) is 19.5 Å². The number of carbonyl (C=O) groups is 1. The van der Waals surface area contributed by atoms with Gasteiger partial charge >= 0.3 is 0 Å². The molecule has 0 atom stereocenters. The summed E-state index contributed by atoms with van der Waals surface area (Å²) in [6.45, 7) is 2.24. The zero-order valence-corrected chi connectivity index (χ0v) is 20.9. The molecule has 4 rings (SSSR count). The number of nitrogens with zero attached hydrogens (tertiary/aromatic N) is 1. The van der Waals surface area contributed by atoms with E-state index in [2.05, 4.69) is 42.2 Å². The Balaban J connectivity index is 1.50. The Kier molecular flexibility index (Phi) is 7.13. The van der Waals surface area contributed by atoms with Crippen LogP contribution in [-0.4, -0.2) is 11.1 Å². The Morgan fingerprint density at radius 2 is 1.81 bits per heavy atom. The number of benzene rings is 3. The van der Waals surface area contributed by atoms with Crippen molar-refractivity contribution in [3.05, 3.63) is 97.0 Å². The first kappa shape index (κ1) is 22.8. The third kappa shape index (κ3) is 5.68. The Morgan fingerprint density at radius 3 is 2.50 bits per heavy atom. The van der Waals surface area contributed by atoms with Gasteiger partial charge in [0.2, 0.25) is 0 Å². The van der Waals surface area contributed by atoms with E-state index in [-0.39, 0.29) is 18.3 Å². The molecule has 32 heavy (non-hydrogen) atoms. The molecule has 162 valence electrons. The minimum Gasteiger partial charge on any atom is -0.487 e. The molecule has 1 fully saturated rings. The number of hydrogen-bond donors (Lipinski definition) is 1. The second-order valence-corrected chi connectivity index (χ2v) is 9.79. The topological polar surface area (TPSA) is 50.7 Å². The van der Waals surface area contributed by atoms with Gasteiger partial charge in [-0.1, -0.05) is 29.8 Å². The minimum absolute atomic E-state index is 0.195. The highest BCUT2D eigenvalue weighted by molar-refractivity contribution is 9.11. The van der Waals surface area contributed by atoms with Gasteiger partial charge in [-0.25, -0.2) is 9.38 Å². The van der Waals surface area contributed by atoms with E-state index in [4.69, 9.17) is 4.74 Å². The number of amides is 1. The standard InChI is InChI=1S/C24H17Br2FN2O2S/c1-14-5-7-18(8-6-14)28-24-29-23(30)21(32-24)12-16-10-19(25)22(20(26)11-16)31-13-15-3-2-4-17(27)9-15/h2-12H,13H2,1H3,(H,28,29,30)/b21-12-. The van der Waals surface area contributed by atoms with E-state index in [1.165, 1.54) is 23.9 Å². The average Bonchev–Trinajstić information content (AvgIpc) is 3.08. The highest BCUT2D eigenvalue weighted by Crippen LogP contribution is 2.37. The van der Waals surface area contributed by atoms with Crippen molar-refractivity contribution in [3.8, 4) is 5.75 Å². The van der Waals surface area contributed by atoms with Gasteiger partial charge in [0.15, 0.2) is 5.17 Å². The van der Waals surface area contributed by atoms with E-state index < -0.39 is 0 Å². The molecular formula is C24H17Br2FN2O2S. The van der Waals surface area contributed by atoms with Gasteiger partial charge in [0.25, 0.3) is 5.91 Å². The number of halogens is 3. The van der Waals surface area contributed by atoms with Gasteiger partial charge < -0.3 is 10.1 Å². The summed E-state index contributed by atoms with van der Waals surface area (Å²) in [5.74, 6) is 0.102. The maximum atomic E-state index is 13.4. The largest absolute Gasteiger partial charge is 0.487 e. The predicted octanol–water partition coefficient (Wildman–Crippen LogP) is 7.13. The van der Waals surface area contributed by atoms with E-state index >= 15 is 0 Å². The molecule has 3 aromatic carbocycles. The molecule has 0 unspecified atom stereocenters. The number of ether oxygens (including phenoxy) is 1. The summed E-state index contributed by atoms with van der Waals surface area (Å²) >= 11 is 8.34. The van der Waals surface area contributed by atoms with Crippen LogP contribution in [0.5, 0.6) is 5.75 Å². The van der Waals surface area contributed by atoms with Crippen LogP contribution >= 0.6 is 43.6 Å².